The molecule has 21 heavy (non-hydrogen) atoms. The molecule has 0 radical (unpaired) electrons. The summed E-state index contributed by atoms with van der Waals surface area (Å²) in [5.74, 6) is 0.0738. The summed E-state index contributed by atoms with van der Waals surface area (Å²) >= 11 is 5.82. The van der Waals surface area contributed by atoms with E-state index in [1.165, 1.54) is 12.5 Å². The lowest BCUT2D eigenvalue weighted by molar-refractivity contribution is -0.121. The quantitative estimate of drug-likeness (QED) is 0.689. The van der Waals surface area contributed by atoms with Gasteiger partial charge in [0, 0.05) is 31.5 Å². The first-order chi connectivity index (χ1) is 10.1. The van der Waals surface area contributed by atoms with Gasteiger partial charge >= 0.3 is 0 Å². The number of benzene rings is 1. The molecule has 0 saturated heterocycles. The van der Waals surface area contributed by atoms with Crippen LogP contribution in [0.2, 0.25) is 5.02 Å². The van der Waals surface area contributed by atoms with Crippen LogP contribution in [0.5, 0.6) is 0 Å². The fraction of sp³-hybridized carbons (Fsp3) is 0.500. The lowest BCUT2D eigenvalue weighted by Crippen LogP contribution is -2.26. The molecule has 0 aromatic heterocycles. The van der Waals surface area contributed by atoms with Gasteiger partial charge < -0.3 is 10.6 Å². The molecule has 0 saturated carbocycles. The Morgan fingerprint density at radius 2 is 1.62 bits per heavy atom. The molecule has 0 aliphatic carbocycles. The van der Waals surface area contributed by atoms with Crippen molar-refractivity contribution in [1.29, 1.82) is 0 Å². The van der Waals surface area contributed by atoms with Crippen LogP contribution in [-0.4, -0.2) is 24.9 Å². The first-order valence-corrected chi connectivity index (χ1v) is 7.71. The second-order valence-corrected chi connectivity index (χ2v) is 5.46. The summed E-state index contributed by atoms with van der Waals surface area (Å²) in [7, 11) is 0. The third kappa shape index (κ3) is 9.08. The van der Waals surface area contributed by atoms with Crippen molar-refractivity contribution in [2.75, 3.05) is 13.1 Å². The van der Waals surface area contributed by atoms with Crippen molar-refractivity contribution in [3.05, 3.63) is 34.9 Å². The average molecular weight is 311 g/mol. The third-order valence-electron chi connectivity index (χ3n) is 3.08. The summed E-state index contributed by atoms with van der Waals surface area (Å²) in [6, 6.07) is 7.71. The zero-order valence-corrected chi connectivity index (χ0v) is 13.2. The largest absolute Gasteiger partial charge is 0.356 e. The van der Waals surface area contributed by atoms with Gasteiger partial charge in [0.15, 0.2) is 0 Å². The van der Waals surface area contributed by atoms with Gasteiger partial charge in [0.1, 0.15) is 0 Å². The van der Waals surface area contributed by atoms with Crippen LogP contribution in [-0.2, 0) is 16.0 Å². The molecule has 0 aliphatic heterocycles. The SMILES string of the molecule is CC(=O)NCCCCNC(=O)CCCc1ccc(Cl)cc1. The molecule has 2 amide bonds. The van der Waals surface area contributed by atoms with Gasteiger partial charge in [-0.25, -0.2) is 0 Å². The van der Waals surface area contributed by atoms with Crippen LogP contribution in [0.3, 0.4) is 0 Å². The van der Waals surface area contributed by atoms with Crippen LogP contribution < -0.4 is 10.6 Å². The molecular weight excluding hydrogens is 288 g/mol. The minimum absolute atomic E-state index is 0.0127. The van der Waals surface area contributed by atoms with Crippen molar-refractivity contribution in [3.8, 4) is 0 Å². The number of rotatable bonds is 9. The topological polar surface area (TPSA) is 58.2 Å². The van der Waals surface area contributed by atoms with Crippen LogP contribution in [0.4, 0.5) is 0 Å². The van der Waals surface area contributed by atoms with Crippen LogP contribution in [0.25, 0.3) is 0 Å². The zero-order valence-electron chi connectivity index (χ0n) is 12.5. The first kappa shape index (κ1) is 17.5. The predicted octanol–water partition coefficient (Wildman–Crippen LogP) is 2.70. The fourth-order valence-electron chi connectivity index (χ4n) is 1.93. The van der Waals surface area contributed by atoms with Gasteiger partial charge in [-0.3, -0.25) is 9.59 Å². The van der Waals surface area contributed by atoms with Gasteiger partial charge in [-0.05, 0) is 43.4 Å². The molecule has 0 fully saturated rings. The minimum Gasteiger partial charge on any atom is -0.356 e. The summed E-state index contributed by atoms with van der Waals surface area (Å²) in [6.45, 7) is 2.84. The summed E-state index contributed by atoms with van der Waals surface area (Å²) in [6.07, 6.45) is 4.01. The highest BCUT2D eigenvalue weighted by Gasteiger charge is 2.01. The maximum Gasteiger partial charge on any atom is 0.220 e. The number of nitrogens with one attached hydrogen (secondary N) is 2. The van der Waals surface area contributed by atoms with Gasteiger partial charge in [0.25, 0.3) is 0 Å². The molecule has 1 rings (SSSR count). The van der Waals surface area contributed by atoms with E-state index >= 15 is 0 Å². The monoisotopic (exact) mass is 310 g/mol. The smallest absolute Gasteiger partial charge is 0.220 e. The van der Waals surface area contributed by atoms with Crippen molar-refractivity contribution in [2.45, 2.75) is 39.0 Å². The molecule has 0 bridgehead atoms. The van der Waals surface area contributed by atoms with E-state index in [0.717, 1.165) is 30.7 Å². The fourth-order valence-corrected chi connectivity index (χ4v) is 2.06. The van der Waals surface area contributed by atoms with E-state index in [4.69, 9.17) is 11.6 Å². The van der Waals surface area contributed by atoms with Crippen molar-refractivity contribution in [2.24, 2.45) is 0 Å². The summed E-state index contributed by atoms with van der Waals surface area (Å²) < 4.78 is 0. The number of amides is 2. The lowest BCUT2D eigenvalue weighted by Gasteiger charge is -2.06. The molecular formula is C16H23ClN2O2. The lowest BCUT2D eigenvalue weighted by atomic mass is 10.1. The van der Waals surface area contributed by atoms with E-state index in [9.17, 15) is 9.59 Å². The van der Waals surface area contributed by atoms with Gasteiger partial charge in [-0.1, -0.05) is 23.7 Å². The molecule has 0 spiro atoms. The van der Waals surface area contributed by atoms with Gasteiger partial charge in [0.05, 0.1) is 0 Å². The average Bonchev–Trinajstić information content (AvgIpc) is 2.44. The molecule has 0 atom stereocenters. The molecule has 5 heteroatoms. The molecule has 1 aromatic rings. The number of unbranched alkanes of at least 4 members (excludes halogenated alkanes) is 1. The summed E-state index contributed by atoms with van der Waals surface area (Å²) in [5.41, 5.74) is 1.20. The normalized spacial score (nSPS) is 10.2. The van der Waals surface area contributed by atoms with Crippen LogP contribution in [0.15, 0.2) is 24.3 Å². The Kier molecular flexibility index (Phi) is 8.51. The van der Waals surface area contributed by atoms with E-state index in [1.54, 1.807) is 0 Å². The van der Waals surface area contributed by atoms with E-state index in [1.807, 2.05) is 24.3 Å². The standard InChI is InChI=1S/C16H23ClN2O2/c1-13(20)18-11-2-3-12-19-16(21)6-4-5-14-7-9-15(17)10-8-14/h7-10H,2-6,11-12H2,1H3,(H,18,20)(H,19,21). The second kappa shape index (κ2) is 10.2. The first-order valence-electron chi connectivity index (χ1n) is 7.33. The Balaban J connectivity index is 2.01. The molecule has 0 unspecified atom stereocenters. The van der Waals surface area contributed by atoms with Crippen molar-refractivity contribution < 1.29 is 9.59 Å². The van der Waals surface area contributed by atoms with Crippen molar-refractivity contribution >= 4 is 23.4 Å². The molecule has 116 valence electrons. The van der Waals surface area contributed by atoms with Gasteiger partial charge in [-0.15, -0.1) is 0 Å². The van der Waals surface area contributed by atoms with Crippen LogP contribution in [0.1, 0.15) is 38.2 Å². The zero-order chi connectivity index (χ0) is 15.5. The Morgan fingerprint density at radius 1 is 1.00 bits per heavy atom. The number of carbonyl (C=O) groups excluding carboxylic acids is 2. The Bertz CT molecular complexity index is 446. The Hall–Kier alpha value is -1.55. The van der Waals surface area contributed by atoms with Crippen LogP contribution in [0, 0.1) is 0 Å². The van der Waals surface area contributed by atoms with E-state index < -0.39 is 0 Å². The number of hydrogen-bond donors (Lipinski definition) is 2. The maximum atomic E-state index is 11.6. The highest BCUT2D eigenvalue weighted by molar-refractivity contribution is 6.30. The molecule has 0 aliphatic rings. The van der Waals surface area contributed by atoms with Crippen LogP contribution >= 0.6 is 11.6 Å². The summed E-state index contributed by atoms with van der Waals surface area (Å²) in [5, 5.41) is 6.35. The maximum absolute atomic E-state index is 11.6. The molecule has 2 N–H and O–H groups in total. The molecule has 0 heterocycles. The van der Waals surface area contributed by atoms with Gasteiger partial charge in [0.2, 0.25) is 11.8 Å². The highest BCUT2D eigenvalue weighted by atomic mass is 35.5. The number of carbonyl (C=O) groups is 2. The highest BCUT2D eigenvalue weighted by Crippen LogP contribution is 2.11. The second-order valence-electron chi connectivity index (χ2n) is 5.02. The van der Waals surface area contributed by atoms with Gasteiger partial charge in [-0.2, -0.15) is 0 Å². The van der Waals surface area contributed by atoms with Crippen molar-refractivity contribution in [3.63, 3.8) is 0 Å². The summed E-state index contributed by atoms with van der Waals surface area (Å²) in [4.78, 5) is 22.3. The van der Waals surface area contributed by atoms with E-state index in [-0.39, 0.29) is 11.8 Å². The number of halogens is 1. The molecule has 4 nitrogen and oxygen atoms in total. The third-order valence-corrected chi connectivity index (χ3v) is 3.33. The number of hydrogen-bond acceptors (Lipinski definition) is 2. The Labute approximate surface area is 131 Å². The predicted molar refractivity (Wildman–Crippen MR) is 85.3 cm³/mol. The number of aryl methyl sites for hydroxylation is 1. The van der Waals surface area contributed by atoms with E-state index in [0.29, 0.717) is 19.5 Å². The van der Waals surface area contributed by atoms with Crippen molar-refractivity contribution in [1.82, 2.24) is 10.6 Å². The minimum atomic E-state index is -0.0127. The molecule has 1 aromatic carbocycles. The van der Waals surface area contributed by atoms with E-state index in [2.05, 4.69) is 10.6 Å². The Morgan fingerprint density at radius 3 is 2.24 bits per heavy atom.